The molecule has 1 saturated heterocycles. The topological polar surface area (TPSA) is 89.7 Å². The van der Waals surface area contributed by atoms with Crippen LogP contribution < -0.4 is 20.6 Å². The van der Waals surface area contributed by atoms with Crippen LogP contribution in [-0.2, 0) is 4.74 Å². The van der Waals surface area contributed by atoms with Gasteiger partial charge in [-0.2, -0.15) is 0 Å². The number of morpholine rings is 1. The van der Waals surface area contributed by atoms with Crippen LogP contribution >= 0.6 is 0 Å². The minimum atomic E-state index is -0.384. The molecule has 4 aromatic rings. The first kappa shape index (κ1) is 20.0. The number of benzene rings is 2. The van der Waals surface area contributed by atoms with Gasteiger partial charge in [-0.1, -0.05) is 12.1 Å². The molecule has 32 heavy (non-hydrogen) atoms. The fourth-order valence-corrected chi connectivity index (χ4v) is 3.84. The highest BCUT2D eigenvalue weighted by molar-refractivity contribution is 5.92. The lowest BCUT2D eigenvalue weighted by Crippen LogP contribution is -2.36. The van der Waals surface area contributed by atoms with E-state index in [0.717, 1.165) is 46.9 Å². The van der Waals surface area contributed by atoms with Gasteiger partial charge in [0.15, 0.2) is 0 Å². The van der Waals surface area contributed by atoms with E-state index in [1.165, 1.54) is 0 Å². The highest BCUT2D eigenvalue weighted by Crippen LogP contribution is 2.30. The van der Waals surface area contributed by atoms with Crippen LogP contribution in [0, 0.1) is 0 Å². The van der Waals surface area contributed by atoms with Gasteiger partial charge in [0.1, 0.15) is 11.3 Å². The van der Waals surface area contributed by atoms with Gasteiger partial charge < -0.3 is 24.1 Å². The second-order valence-corrected chi connectivity index (χ2v) is 7.35. The van der Waals surface area contributed by atoms with Crippen LogP contribution in [0.2, 0.25) is 0 Å². The van der Waals surface area contributed by atoms with Crippen LogP contribution in [0.3, 0.4) is 0 Å². The summed E-state index contributed by atoms with van der Waals surface area (Å²) in [6, 6.07) is 16.7. The molecule has 0 bridgehead atoms. The van der Waals surface area contributed by atoms with Crippen LogP contribution in [-0.4, -0.2) is 43.4 Å². The molecule has 2 aromatic carbocycles. The van der Waals surface area contributed by atoms with Gasteiger partial charge in [0, 0.05) is 48.1 Å². The summed E-state index contributed by atoms with van der Waals surface area (Å²) in [5.41, 5.74) is 3.31. The maximum atomic E-state index is 12.2. The number of nitrogens with zero attached hydrogens (tertiary/aromatic N) is 3. The summed E-state index contributed by atoms with van der Waals surface area (Å²) in [4.78, 5) is 23.3. The van der Waals surface area contributed by atoms with Gasteiger partial charge in [0.25, 0.3) is 0 Å². The zero-order valence-electron chi connectivity index (χ0n) is 17.6. The second-order valence-electron chi connectivity index (χ2n) is 7.35. The lowest BCUT2D eigenvalue weighted by molar-refractivity contribution is 0.123. The summed E-state index contributed by atoms with van der Waals surface area (Å²) < 4.78 is 16.4. The van der Waals surface area contributed by atoms with E-state index in [9.17, 15) is 4.79 Å². The van der Waals surface area contributed by atoms with Crippen LogP contribution in [0.15, 0.2) is 70.0 Å². The van der Waals surface area contributed by atoms with E-state index in [0.29, 0.717) is 24.7 Å². The lowest BCUT2D eigenvalue weighted by atomic mass is 10.1. The van der Waals surface area contributed by atoms with Gasteiger partial charge >= 0.3 is 5.63 Å². The van der Waals surface area contributed by atoms with Crippen molar-refractivity contribution >= 4 is 28.3 Å². The first-order valence-corrected chi connectivity index (χ1v) is 10.4. The molecule has 0 saturated carbocycles. The van der Waals surface area contributed by atoms with Crippen molar-refractivity contribution in [2.75, 3.05) is 43.6 Å². The summed E-state index contributed by atoms with van der Waals surface area (Å²) in [5.74, 6) is 1.17. The van der Waals surface area contributed by atoms with Crippen molar-refractivity contribution in [3.8, 4) is 17.0 Å². The van der Waals surface area contributed by atoms with Gasteiger partial charge in [0.05, 0.1) is 31.7 Å². The summed E-state index contributed by atoms with van der Waals surface area (Å²) in [6.07, 6.45) is 1.69. The predicted octanol–water partition coefficient (Wildman–Crippen LogP) is 3.84. The highest BCUT2D eigenvalue weighted by Gasteiger charge is 2.16. The number of nitrogens with one attached hydrogen (secondary N) is 1. The van der Waals surface area contributed by atoms with Crippen LogP contribution in [0.5, 0.6) is 5.75 Å². The molecular weight excluding hydrogens is 408 g/mol. The van der Waals surface area contributed by atoms with E-state index >= 15 is 0 Å². The summed E-state index contributed by atoms with van der Waals surface area (Å²) in [7, 11) is 1.63. The molecule has 8 nitrogen and oxygen atoms in total. The Kier molecular flexibility index (Phi) is 5.43. The molecular formula is C24H22N4O4. The minimum Gasteiger partial charge on any atom is -0.496 e. The Morgan fingerprint density at radius 3 is 2.75 bits per heavy atom. The normalized spacial score (nSPS) is 13.8. The van der Waals surface area contributed by atoms with Crippen molar-refractivity contribution in [3.63, 3.8) is 0 Å². The molecule has 8 heteroatoms. The third-order valence-electron chi connectivity index (χ3n) is 5.37. The Morgan fingerprint density at radius 2 is 1.91 bits per heavy atom. The van der Waals surface area contributed by atoms with Crippen molar-refractivity contribution < 1.29 is 13.9 Å². The van der Waals surface area contributed by atoms with E-state index in [4.69, 9.17) is 13.9 Å². The molecule has 3 heterocycles. The Labute approximate surface area is 184 Å². The van der Waals surface area contributed by atoms with Gasteiger partial charge in [-0.25, -0.2) is 14.8 Å². The summed E-state index contributed by atoms with van der Waals surface area (Å²) in [6.45, 7) is 2.76. The molecule has 1 fully saturated rings. The minimum absolute atomic E-state index is 0.384. The zero-order chi connectivity index (χ0) is 21.9. The first-order valence-electron chi connectivity index (χ1n) is 10.4. The number of rotatable bonds is 5. The summed E-state index contributed by atoms with van der Waals surface area (Å²) in [5, 5.41) is 4.08. The molecule has 0 spiro atoms. The second kappa shape index (κ2) is 8.68. The molecule has 0 radical (unpaired) electrons. The first-order chi connectivity index (χ1) is 15.7. The molecule has 1 N–H and O–H groups in total. The number of aromatic nitrogens is 2. The largest absolute Gasteiger partial charge is 0.496 e. The number of para-hydroxylation sites is 1. The molecule has 0 amide bonds. The third-order valence-corrected chi connectivity index (χ3v) is 5.37. The summed E-state index contributed by atoms with van der Waals surface area (Å²) >= 11 is 0. The average molecular weight is 430 g/mol. The maximum Gasteiger partial charge on any atom is 0.338 e. The molecule has 0 atom stereocenters. The fourth-order valence-electron chi connectivity index (χ4n) is 3.84. The number of ether oxygens (including phenoxy) is 2. The number of methoxy groups -OCH3 is 1. The van der Waals surface area contributed by atoms with Gasteiger partial charge in [-0.15, -0.1) is 0 Å². The third kappa shape index (κ3) is 4.00. The maximum absolute atomic E-state index is 12.2. The van der Waals surface area contributed by atoms with Crippen molar-refractivity contribution in [1.82, 2.24) is 9.97 Å². The molecule has 162 valence electrons. The van der Waals surface area contributed by atoms with Crippen molar-refractivity contribution in [1.29, 1.82) is 0 Å². The standard InChI is InChI=1S/C24H22N4O4/c1-30-21-5-3-2-4-17(21)19-8-9-25-24(27-19)26-16-6-7-18-20(28-10-12-31-13-11-28)15-23(29)32-22(18)14-16/h2-9,14-15H,10-13H2,1H3,(H,25,26,27). The van der Waals surface area contributed by atoms with Crippen molar-refractivity contribution in [2.45, 2.75) is 0 Å². The molecule has 0 aliphatic carbocycles. The predicted molar refractivity (Wildman–Crippen MR) is 123 cm³/mol. The zero-order valence-corrected chi connectivity index (χ0v) is 17.6. The quantitative estimate of drug-likeness (QED) is 0.478. The van der Waals surface area contributed by atoms with Gasteiger partial charge in [0.2, 0.25) is 5.95 Å². The number of fused-ring (bicyclic) bond motifs is 1. The Morgan fingerprint density at radius 1 is 1.06 bits per heavy atom. The number of hydrogen-bond donors (Lipinski definition) is 1. The Bertz CT molecular complexity index is 1310. The van der Waals surface area contributed by atoms with Crippen molar-refractivity contribution in [3.05, 3.63) is 71.2 Å². The average Bonchev–Trinajstić information content (AvgIpc) is 2.84. The van der Waals surface area contributed by atoms with E-state index < -0.39 is 0 Å². The van der Waals surface area contributed by atoms with E-state index in [-0.39, 0.29) is 5.63 Å². The SMILES string of the molecule is COc1ccccc1-c1ccnc(Nc2ccc3c(N4CCOCC4)cc(=O)oc3c2)n1. The van der Waals surface area contributed by atoms with E-state index in [1.54, 1.807) is 25.4 Å². The molecule has 2 aromatic heterocycles. The molecule has 0 unspecified atom stereocenters. The smallest absolute Gasteiger partial charge is 0.338 e. The molecule has 5 rings (SSSR count). The lowest BCUT2D eigenvalue weighted by Gasteiger charge is -2.29. The van der Waals surface area contributed by atoms with Gasteiger partial charge in [-0.3, -0.25) is 0 Å². The number of anilines is 3. The van der Waals surface area contributed by atoms with Crippen molar-refractivity contribution in [2.24, 2.45) is 0 Å². The molecule has 1 aliphatic rings. The van der Waals surface area contributed by atoms with Crippen LogP contribution in [0.25, 0.3) is 22.2 Å². The Balaban J connectivity index is 1.47. The number of hydrogen-bond acceptors (Lipinski definition) is 8. The fraction of sp³-hybridized carbons (Fsp3) is 0.208. The van der Waals surface area contributed by atoms with Gasteiger partial charge in [-0.05, 0) is 30.3 Å². The van der Waals surface area contributed by atoms with E-state index in [1.807, 2.05) is 42.5 Å². The molecule has 1 aliphatic heterocycles. The van der Waals surface area contributed by atoms with Crippen LogP contribution in [0.4, 0.5) is 17.3 Å². The van der Waals surface area contributed by atoms with E-state index in [2.05, 4.69) is 20.2 Å². The highest BCUT2D eigenvalue weighted by atomic mass is 16.5. The monoisotopic (exact) mass is 430 g/mol. The van der Waals surface area contributed by atoms with Crippen LogP contribution in [0.1, 0.15) is 0 Å². The Hall–Kier alpha value is -3.91.